The molecular weight excluding hydrogens is 364 g/mol. The molecule has 1 aromatic rings. The largest absolute Gasteiger partial charge is 0.383 e. The summed E-state index contributed by atoms with van der Waals surface area (Å²) in [4.78, 5) is 0. The molecule has 0 saturated heterocycles. The van der Waals surface area contributed by atoms with E-state index >= 15 is 0 Å². The van der Waals surface area contributed by atoms with Crippen LogP contribution in [0, 0.1) is 5.92 Å². The SMILES string of the molecule is CCCCCCCCCCCCCCCCC(CNc1ccccc1)NCC(C)C. The Morgan fingerprint density at radius 2 is 1.13 bits per heavy atom. The van der Waals surface area contributed by atoms with Gasteiger partial charge in [0.15, 0.2) is 0 Å². The number of anilines is 1. The van der Waals surface area contributed by atoms with E-state index in [2.05, 4.69) is 61.7 Å². The van der Waals surface area contributed by atoms with E-state index in [1.165, 1.54) is 102 Å². The lowest BCUT2D eigenvalue weighted by Crippen LogP contribution is -2.37. The van der Waals surface area contributed by atoms with Gasteiger partial charge in [-0.3, -0.25) is 0 Å². The minimum absolute atomic E-state index is 0.574. The lowest BCUT2D eigenvalue weighted by molar-refractivity contribution is 0.434. The fraction of sp³-hybridized carbons (Fsp3) is 0.786. The van der Waals surface area contributed by atoms with Crippen LogP contribution in [0.5, 0.6) is 0 Å². The molecule has 0 aliphatic heterocycles. The van der Waals surface area contributed by atoms with Gasteiger partial charge in [-0.2, -0.15) is 0 Å². The fourth-order valence-electron chi connectivity index (χ4n) is 4.06. The third-order valence-electron chi connectivity index (χ3n) is 6.05. The second kappa shape index (κ2) is 19.9. The van der Waals surface area contributed by atoms with Crippen molar-refractivity contribution in [3.63, 3.8) is 0 Å². The molecule has 1 aromatic carbocycles. The van der Waals surface area contributed by atoms with Crippen molar-refractivity contribution in [3.8, 4) is 0 Å². The zero-order valence-corrected chi connectivity index (χ0v) is 20.6. The molecule has 1 unspecified atom stereocenters. The molecule has 0 aromatic heterocycles. The summed E-state index contributed by atoms with van der Waals surface area (Å²) in [6.07, 6.45) is 21.3. The predicted octanol–water partition coefficient (Wildman–Crippen LogP) is 8.58. The van der Waals surface area contributed by atoms with Gasteiger partial charge in [0, 0.05) is 18.3 Å². The van der Waals surface area contributed by atoms with E-state index in [1.807, 2.05) is 0 Å². The topological polar surface area (TPSA) is 24.1 Å². The molecule has 2 N–H and O–H groups in total. The Bertz CT molecular complexity index is 457. The second-order valence-corrected chi connectivity index (χ2v) is 9.63. The number of para-hydroxylation sites is 1. The molecule has 0 amide bonds. The summed E-state index contributed by atoms with van der Waals surface area (Å²) < 4.78 is 0. The maximum atomic E-state index is 3.77. The average molecular weight is 417 g/mol. The van der Waals surface area contributed by atoms with E-state index in [9.17, 15) is 0 Å². The summed E-state index contributed by atoms with van der Waals surface area (Å²) in [5.41, 5.74) is 1.23. The number of benzene rings is 1. The highest BCUT2D eigenvalue weighted by Gasteiger charge is 2.08. The van der Waals surface area contributed by atoms with Crippen LogP contribution in [0.1, 0.15) is 117 Å². The van der Waals surface area contributed by atoms with E-state index in [4.69, 9.17) is 0 Å². The first-order chi connectivity index (χ1) is 14.7. The molecule has 30 heavy (non-hydrogen) atoms. The first-order valence-corrected chi connectivity index (χ1v) is 13.2. The highest BCUT2D eigenvalue weighted by molar-refractivity contribution is 5.42. The van der Waals surface area contributed by atoms with Gasteiger partial charge in [-0.1, -0.05) is 129 Å². The van der Waals surface area contributed by atoms with Gasteiger partial charge in [0.1, 0.15) is 0 Å². The van der Waals surface area contributed by atoms with Crippen molar-refractivity contribution in [3.05, 3.63) is 30.3 Å². The summed E-state index contributed by atoms with van der Waals surface area (Å²) in [7, 11) is 0. The van der Waals surface area contributed by atoms with E-state index in [0.29, 0.717) is 12.0 Å². The van der Waals surface area contributed by atoms with Crippen molar-refractivity contribution in [2.45, 2.75) is 123 Å². The van der Waals surface area contributed by atoms with Crippen molar-refractivity contribution in [1.29, 1.82) is 0 Å². The van der Waals surface area contributed by atoms with Crippen molar-refractivity contribution in [2.24, 2.45) is 5.92 Å². The summed E-state index contributed by atoms with van der Waals surface area (Å²) >= 11 is 0. The smallest absolute Gasteiger partial charge is 0.0340 e. The molecule has 0 heterocycles. The number of unbranched alkanes of at least 4 members (excludes halogenated alkanes) is 13. The molecule has 0 bridgehead atoms. The molecule has 0 saturated carbocycles. The van der Waals surface area contributed by atoms with Crippen molar-refractivity contribution in [1.82, 2.24) is 5.32 Å². The molecule has 0 fully saturated rings. The van der Waals surface area contributed by atoms with Crippen LogP contribution in [-0.4, -0.2) is 19.1 Å². The standard InChI is InChI=1S/C28H52N2/c1-4-5-6-7-8-9-10-11-12-13-14-15-16-18-23-28(29-24-26(2)3)25-30-27-21-19-17-20-22-27/h17,19-22,26,28-30H,4-16,18,23-25H2,1-3H3. The van der Waals surface area contributed by atoms with Gasteiger partial charge in [-0.05, 0) is 31.0 Å². The molecule has 2 heteroatoms. The van der Waals surface area contributed by atoms with E-state index in [0.717, 1.165) is 13.1 Å². The van der Waals surface area contributed by atoms with Gasteiger partial charge in [-0.25, -0.2) is 0 Å². The van der Waals surface area contributed by atoms with Crippen LogP contribution in [0.3, 0.4) is 0 Å². The molecular formula is C28H52N2. The Kier molecular flexibility index (Phi) is 17.9. The van der Waals surface area contributed by atoms with Gasteiger partial charge < -0.3 is 10.6 Å². The lowest BCUT2D eigenvalue weighted by atomic mass is 10.0. The molecule has 0 radical (unpaired) electrons. The highest BCUT2D eigenvalue weighted by Crippen LogP contribution is 2.14. The lowest BCUT2D eigenvalue weighted by Gasteiger charge is -2.21. The van der Waals surface area contributed by atoms with Crippen molar-refractivity contribution < 1.29 is 0 Å². The summed E-state index contributed by atoms with van der Waals surface area (Å²) in [5, 5.41) is 7.38. The number of rotatable bonds is 21. The quantitative estimate of drug-likeness (QED) is 0.196. The summed E-state index contributed by atoms with van der Waals surface area (Å²) in [5.74, 6) is 0.709. The number of hydrogen-bond donors (Lipinski definition) is 2. The van der Waals surface area contributed by atoms with Crippen LogP contribution >= 0.6 is 0 Å². The summed E-state index contributed by atoms with van der Waals surface area (Å²) in [6, 6.07) is 11.2. The van der Waals surface area contributed by atoms with Gasteiger partial charge in [-0.15, -0.1) is 0 Å². The first kappa shape index (κ1) is 27.0. The molecule has 0 aliphatic carbocycles. The van der Waals surface area contributed by atoms with Crippen LogP contribution in [0.4, 0.5) is 5.69 Å². The van der Waals surface area contributed by atoms with Gasteiger partial charge in [0.2, 0.25) is 0 Å². The minimum Gasteiger partial charge on any atom is -0.383 e. The van der Waals surface area contributed by atoms with Crippen molar-refractivity contribution in [2.75, 3.05) is 18.4 Å². The summed E-state index contributed by atoms with van der Waals surface area (Å²) in [6.45, 7) is 9.02. The first-order valence-electron chi connectivity index (χ1n) is 13.2. The minimum atomic E-state index is 0.574. The van der Waals surface area contributed by atoms with Gasteiger partial charge >= 0.3 is 0 Å². The second-order valence-electron chi connectivity index (χ2n) is 9.63. The number of hydrogen-bond acceptors (Lipinski definition) is 2. The molecule has 2 nitrogen and oxygen atoms in total. The third kappa shape index (κ3) is 16.7. The Hall–Kier alpha value is -1.02. The Morgan fingerprint density at radius 3 is 1.63 bits per heavy atom. The van der Waals surface area contributed by atoms with Crippen molar-refractivity contribution >= 4 is 5.69 Å². The normalized spacial score (nSPS) is 12.4. The third-order valence-corrected chi connectivity index (χ3v) is 6.05. The van der Waals surface area contributed by atoms with E-state index in [1.54, 1.807) is 0 Å². The van der Waals surface area contributed by atoms with Crippen LogP contribution in [0.2, 0.25) is 0 Å². The molecule has 1 rings (SSSR count). The number of nitrogens with one attached hydrogen (secondary N) is 2. The van der Waals surface area contributed by atoms with Gasteiger partial charge in [0.25, 0.3) is 0 Å². The monoisotopic (exact) mass is 416 g/mol. The Labute approximate surface area is 189 Å². The molecule has 0 aliphatic rings. The zero-order chi connectivity index (χ0) is 21.7. The fourth-order valence-corrected chi connectivity index (χ4v) is 4.06. The van der Waals surface area contributed by atoms with Crippen LogP contribution in [0.15, 0.2) is 30.3 Å². The highest BCUT2D eigenvalue weighted by atomic mass is 15.0. The predicted molar refractivity (Wildman–Crippen MR) is 136 cm³/mol. The maximum Gasteiger partial charge on any atom is 0.0340 e. The van der Waals surface area contributed by atoms with Crippen LogP contribution in [-0.2, 0) is 0 Å². The average Bonchev–Trinajstić information content (AvgIpc) is 2.75. The van der Waals surface area contributed by atoms with Gasteiger partial charge in [0.05, 0.1) is 0 Å². The van der Waals surface area contributed by atoms with Crippen LogP contribution < -0.4 is 10.6 Å². The maximum absolute atomic E-state index is 3.77. The van der Waals surface area contributed by atoms with E-state index < -0.39 is 0 Å². The van der Waals surface area contributed by atoms with Crippen LogP contribution in [0.25, 0.3) is 0 Å². The molecule has 0 spiro atoms. The molecule has 1 atom stereocenters. The van der Waals surface area contributed by atoms with E-state index in [-0.39, 0.29) is 0 Å². The zero-order valence-electron chi connectivity index (χ0n) is 20.6. The Morgan fingerprint density at radius 1 is 0.633 bits per heavy atom. The molecule has 174 valence electrons. The Balaban J connectivity index is 1.99.